The zero-order valence-corrected chi connectivity index (χ0v) is 27.1. The molecule has 9 nitrogen and oxygen atoms in total. The third-order valence-electron chi connectivity index (χ3n) is 9.55. The number of fused-ring (bicyclic) bond motifs is 1. The molecule has 0 spiro atoms. The number of pyridine rings is 3. The third-order valence-corrected chi connectivity index (χ3v) is 9.55. The maximum absolute atomic E-state index is 14.4. The van der Waals surface area contributed by atoms with Crippen molar-refractivity contribution in [3.8, 4) is 11.1 Å². The van der Waals surface area contributed by atoms with Crippen molar-refractivity contribution in [1.29, 1.82) is 0 Å². The van der Waals surface area contributed by atoms with E-state index in [9.17, 15) is 9.28 Å². The molecule has 3 aromatic heterocycles. The van der Waals surface area contributed by atoms with Gasteiger partial charge in [0.1, 0.15) is 11.6 Å². The molecular weight excluding hydrogens is 567 g/mol. The number of hydrogen-bond donors (Lipinski definition) is 2. The summed E-state index contributed by atoms with van der Waals surface area (Å²) in [6.07, 6.45) is 5.31. The Labute approximate surface area is 265 Å². The summed E-state index contributed by atoms with van der Waals surface area (Å²) >= 11 is 0. The number of H-pyrrole nitrogens is 1. The van der Waals surface area contributed by atoms with Gasteiger partial charge in [-0.1, -0.05) is 0 Å². The van der Waals surface area contributed by atoms with Gasteiger partial charge in [0.2, 0.25) is 0 Å². The van der Waals surface area contributed by atoms with E-state index in [0.717, 1.165) is 101 Å². The first-order valence-corrected chi connectivity index (χ1v) is 16.2. The lowest BCUT2D eigenvalue weighted by atomic mass is 9.95. The van der Waals surface area contributed by atoms with Crippen molar-refractivity contribution in [3.05, 3.63) is 76.0 Å². The number of hydrogen-bond acceptors (Lipinski definition) is 8. The Bertz CT molecular complexity index is 1700. The van der Waals surface area contributed by atoms with Crippen molar-refractivity contribution in [3.63, 3.8) is 0 Å². The van der Waals surface area contributed by atoms with Gasteiger partial charge in [-0.15, -0.1) is 9.60 Å². The van der Waals surface area contributed by atoms with Gasteiger partial charge in [-0.25, -0.2) is 9.97 Å². The van der Waals surface area contributed by atoms with Crippen LogP contribution in [0.15, 0.2) is 53.6 Å². The van der Waals surface area contributed by atoms with Crippen molar-refractivity contribution >= 4 is 28.1 Å². The number of aromatic amines is 1. The fourth-order valence-corrected chi connectivity index (χ4v) is 6.89. The van der Waals surface area contributed by atoms with E-state index < -0.39 is 0 Å². The Kier molecular flexibility index (Phi) is 9.05. The van der Waals surface area contributed by atoms with Crippen molar-refractivity contribution in [2.75, 3.05) is 61.4 Å². The highest BCUT2D eigenvalue weighted by atomic mass is 19.2. The first-order chi connectivity index (χ1) is 21.7. The van der Waals surface area contributed by atoms with E-state index in [2.05, 4.69) is 69.3 Å². The number of piperidine rings is 1. The molecule has 10 heteroatoms. The van der Waals surface area contributed by atoms with Crippen LogP contribution in [0.3, 0.4) is 0 Å². The quantitative estimate of drug-likeness (QED) is 0.252. The van der Waals surface area contributed by atoms with E-state index in [0.29, 0.717) is 18.7 Å². The Morgan fingerprint density at radius 3 is 2.51 bits per heavy atom. The van der Waals surface area contributed by atoms with Crippen molar-refractivity contribution in [2.45, 2.75) is 59.2 Å². The van der Waals surface area contributed by atoms with E-state index in [-0.39, 0.29) is 17.6 Å². The number of aromatic nitrogens is 3. The highest BCUT2D eigenvalue weighted by molar-refractivity contribution is 6.03. The molecule has 0 radical (unpaired) electrons. The summed E-state index contributed by atoms with van der Waals surface area (Å²) in [5.74, 6) is 1.72. The lowest BCUT2D eigenvalue weighted by Crippen LogP contribution is -2.46. The molecule has 0 amide bonds. The number of rotatable bonds is 8. The van der Waals surface area contributed by atoms with Crippen molar-refractivity contribution in [2.24, 2.45) is 0 Å². The van der Waals surface area contributed by atoms with Gasteiger partial charge < -0.3 is 25.0 Å². The molecule has 1 aromatic carbocycles. The third kappa shape index (κ3) is 6.53. The van der Waals surface area contributed by atoms with Crippen molar-refractivity contribution < 1.29 is 4.48 Å². The van der Waals surface area contributed by atoms with Crippen LogP contribution in [-0.2, 0) is 6.54 Å². The minimum Gasteiger partial charge on any atom is -0.368 e. The van der Waals surface area contributed by atoms with Crippen LogP contribution >= 0.6 is 0 Å². The smallest absolute Gasteiger partial charge is 0.253 e. The summed E-state index contributed by atoms with van der Waals surface area (Å²) in [7, 11) is 2.16. The minimum atomic E-state index is -0.131. The van der Waals surface area contributed by atoms with E-state index in [4.69, 9.17) is 9.97 Å². The van der Waals surface area contributed by atoms with E-state index in [1.165, 1.54) is 0 Å². The average molecular weight is 613 g/mol. The van der Waals surface area contributed by atoms with Gasteiger partial charge in [0.25, 0.3) is 5.56 Å². The van der Waals surface area contributed by atoms with Gasteiger partial charge in [-0.2, -0.15) is 0 Å². The molecular formula is C35H45FN8O. The fraction of sp³-hybridized carbons (Fsp3) is 0.457. The SMILES string of the molecule is CCN(c1cc(-c2ccc(N3CCN(C)CC3)nc2)cc2c(NCc3c(C)cc(C)[nH]c3=O)nccc12)C1CCN(F)C(C)C1. The predicted octanol–water partition coefficient (Wildman–Crippen LogP) is 5.53. The molecule has 0 aliphatic carbocycles. The van der Waals surface area contributed by atoms with E-state index in [1.807, 2.05) is 39.2 Å². The van der Waals surface area contributed by atoms with Crippen LogP contribution in [0.2, 0.25) is 0 Å². The summed E-state index contributed by atoms with van der Waals surface area (Å²) in [5, 5.41) is 6.50. The van der Waals surface area contributed by atoms with Gasteiger partial charge in [0.05, 0.1) is 0 Å². The van der Waals surface area contributed by atoms with Crippen LogP contribution in [0.1, 0.15) is 43.5 Å². The van der Waals surface area contributed by atoms with E-state index in [1.54, 1.807) is 0 Å². The summed E-state index contributed by atoms with van der Waals surface area (Å²) in [4.78, 5) is 32.5. The topological polar surface area (TPSA) is 83.6 Å². The molecule has 0 bridgehead atoms. The van der Waals surface area contributed by atoms with Crippen LogP contribution in [0, 0.1) is 13.8 Å². The second-order valence-electron chi connectivity index (χ2n) is 12.7. The maximum atomic E-state index is 14.4. The fourth-order valence-electron chi connectivity index (χ4n) is 6.89. The van der Waals surface area contributed by atoms with Crippen LogP contribution in [-0.4, -0.2) is 83.4 Å². The molecule has 4 aromatic rings. The van der Waals surface area contributed by atoms with Crippen LogP contribution in [0.25, 0.3) is 21.9 Å². The standard InChI is InChI=1S/C35H45FN8O/c1-6-43(28-10-12-44(36)25(4)18-28)32-20-27(26-7-8-33(38-21-26)42-15-13-41(5)14-16-42)19-30-29(32)9-11-37-34(30)39-22-31-23(2)17-24(3)40-35(31)45/h7-9,11,17,19-21,25,28H,6,10,12-16,18,22H2,1-5H3,(H,37,39)(H,40,45). The normalized spacial score (nSPS) is 19.6. The number of halogens is 1. The Balaban J connectivity index is 1.41. The van der Waals surface area contributed by atoms with Gasteiger partial charge in [0, 0.05) is 104 Å². The molecule has 2 aliphatic heterocycles. The summed E-state index contributed by atoms with van der Waals surface area (Å²) < 4.78 is 14.4. The molecule has 5 heterocycles. The summed E-state index contributed by atoms with van der Waals surface area (Å²) in [6.45, 7) is 13.6. The Morgan fingerprint density at radius 2 is 1.82 bits per heavy atom. The molecule has 2 aliphatic rings. The second kappa shape index (κ2) is 13.1. The monoisotopic (exact) mass is 612 g/mol. The number of likely N-dealkylation sites (N-methyl/N-ethyl adjacent to an activating group) is 1. The molecule has 2 saturated heterocycles. The second-order valence-corrected chi connectivity index (χ2v) is 12.7. The number of anilines is 3. The lowest BCUT2D eigenvalue weighted by molar-refractivity contribution is -0.0419. The van der Waals surface area contributed by atoms with Gasteiger partial charge in [0.15, 0.2) is 0 Å². The largest absolute Gasteiger partial charge is 0.368 e. The molecule has 2 fully saturated rings. The zero-order chi connectivity index (χ0) is 31.7. The highest BCUT2D eigenvalue weighted by Crippen LogP contribution is 2.38. The minimum absolute atomic E-state index is 0.0846. The number of nitrogens with zero attached hydrogens (tertiary/aromatic N) is 6. The average Bonchev–Trinajstić information content (AvgIpc) is 3.03. The molecule has 0 saturated carbocycles. The van der Waals surface area contributed by atoms with Crippen LogP contribution in [0.5, 0.6) is 0 Å². The molecule has 45 heavy (non-hydrogen) atoms. The Hall–Kier alpha value is -4.02. The van der Waals surface area contributed by atoms with Gasteiger partial charge in [-0.3, -0.25) is 4.79 Å². The number of benzene rings is 1. The van der Waals surface area contributed by atoms with Gasteiger partial charge in [-0.05, 0) is 95.1 Å². The van der Waals surface area contributed by atoms with Crippen LogP contribution < -0.4 is 20.7 Å². The molecule has 2 atom stereocenters. The maximum Gasteiger partial charge on any atom is 0.253 e. The molecule has 238 valence electrons. The van der Waals surface area contributed by atoms with Crippen molar-refractivity contribution in [1.82, 2.24) is 25.0 Å². The number of piperazine rings is 1. The Morgan fingerprint density at radius 1 is 1.02 bits per heavy atom. The first kappa shape index (κ1) is 31.0. The first-order valence-electron chi connectivity index (χ1n) is 16.2. The van der Waals surface area contributed by atoms with Gasteiger partial charge >= 0.3 is 0 Å². The summed E-state index contributed by atoms with van der Waals surface area (Å²) in [6, 6.07) is 12.8. The molecule has 6 rings (SSSR count). The number of aryl methyl sites for hydroxylation is 2. The molecule has 2 unspecified atom stereocenters. The zero-order valence-electron chi connectivity index (χ0n) is 27.1. The highest BCUT2D eigenvalue weighted by Gasteiger charge is 2.30. The summed E-state index contributed by atoms with van der Waals surface area (Å²) in [5.41, 5.74) is 5.58. The number of nitrogens with one attached hydrogen (secondary N) is 2. The molecule has 2 N–H and O–H groups in total. The van der Waals surface area contributed by atoms with E-state index >= 15 is 0 Å². The predicted molar refractivity (Wildman–Crippen MR) is 182 cm³/mol. The van der Waals surface area contributed by atoms with Crippen LogP contribution in [0.4, 0.5) is 21.8 Å². The lowest BCUT2D eigenvalue weighted by Gasteiger charge is -2.40.